The second-order valence-electron chi connectivity index (χ2n) is 6.27. The normalized spacial score (nSPS) is 13.1. The van der Waals surface area contributed by atoms with Crippen LogP contribution >= 0.6 is 0 Å². The molecule has 0 saturated heterocycles. The number of H-pyrrole nitrogens is 1. The van der Waals surface area contributed by atoms with Crippen LogP contribution in [-0.2, 0) is 4.79 Å². The van der Waals surface area contributed by atoms with E-state index in [0.717, 1.165) is 10.9 Å². The minimum atomic E-state index is -0.920. The van der Waals surface area contributed by atoms with E-state index in [1.807, 2.05) is 39.1 Å². The van der Waals surface area contributed by atoms with Crippen molar-refractivity contribution in [3.8, 4) is 0 Å². The molecule has 0 spiro atoms. The first-order valence-electron chi connectivity index (χ1n) is 6.87. The predicted molar refractivity (Wildman–Crippen MR) is 81.3 cm³/mol. The lowest BCUT2D eigenvalue weighted by atomic mass is 9.84. The molecule has 0 fully saturated rings. The predicted octanol–water partition coefficient (Wildman–Crippen LogP) is 2.79. The fourth-order valence-electron chi connectivity index (χ4n) is 2.18. The zero-order chi connectivity index (χ0) is 15.6. The van der Waals surface area contributed by atoms with Gasteiger partial charge in [-0.05, 0) is 29.7 Å². The summed E-state index contributed by atoms with van der Waals surface area (Å²) in [4.78, 5) is 26.4. The molecule has 0 saturated carbocycles. The molecule has 1 amide bonds. The van der Waals surface area contributed by atoms with Gasteiger partial charge in [-0.2, -0.15) is 0 Å². The smallest absolute Gasteiger partial charge is 0.305 e. The summed E-state index contributed by atoms with van der Waals surface area (Å²) in [5, 5.41) is 12.8. The Hall–Kier alpha value is -2.30. The third-order valence-electron chi connectivity index (χ3n) is 3.54. The summed E-state index contributed by atoms with van der Waals surface area (Å²) < 4.78 is 0. The minimum Gasteiger partial charge on any atom is -0.481 e. The average Bonchev–Trinajstić information content (AvgIpc) is 2.83. The maximum absolute atomic E-state index is 12.3. The van der Waals surface area contributed by atoms with Gasteiger partial charge >= 0.3 is 5.97 Å². The molecule has 5 nitrogen and oxygen atoms in total. The lowest BCUT2D eigenvalue weighted by Crippen LogP contribution is -2.45. The summed E-state index contributed by atoms with van der Waals surface area (Å²) in [5.41, 5.74) is 1.16. The molecule has 0 aliphatic heterocycles. The van der Waals surface area contributed by atoms with E-state index in [1.165, 1.54) is 0 Å². The standard InChI is InChI=1S/C16H20N2O3/c1-16(2,3)13(9-14(19)20)18-15(21)11-4-5-12-10(8-11)6-7-17-12/h4-8,13,17H,9H2,1-3H3,(H,18,21)(H,19,20). The first-order valence-corrected chi connectivity index (χ1v) is 6.87. The van der Waals surface area contributed by atoms with Crippen LogP contribution in [0.25, 0.3) is 10.9 Å². The first-order chi connectivity index (χ1) is 9.77. The number of fused-ring (bicyclic) bond motifs is 1. The van der Waals surface area contributed by atoms with Crippen LogP contribution in [0.15, 0.2) is 30.5 Å². The van der Waals surface area contributed by atoms with Gasteiger partial charge in [0.15, 0.2) is 0 Å². The number of nitrogens with one attached hydrogen (secondary N) is 2. The SMILES string of the molecule is CC(C)(C)C(CC(=O)O)NC(=O)c1ccc2[nH]ccc2c1. The number of aromatic nitrogens is 1. The quantitative estimate of drug-likeness (QED) is 0.809. The number of hydrogen-bond donors (Lipinski definition) is 3. The Morgan fingerprint density at radius 3 is 2.62 bits per heavy atom. The van der Waals surface area contributed by atoms with Crippen molar-refractivity contribution in [1.82, 2.24) is 10.3 Å². The van der Waals surface area contributed by atoms with Crippen LogP contribution in [0, 0.1) is 5.41 Å². The number of benzene rings is 1. The molecule has 1 aromatic heterocycles. The molecule has 1 unspecified atom stereocenters. The Kier molecular flexibility index (Phi) is 4.02. The molecule has 21 heavy (non-hydrogen) atoms. The maximum atomic E-state index is 12.3. The molecule has 2 aromatic rings. The van der Waals surface area contributed by atoms with Gasteiger partial charge in [0, 0.05) is 28.7 Å². The van der Waals surface area contributed by atoms with E-state index in [-0.39, 0.29) is 17.7 Å². The first kappa shape index (κ1) is 15.1. The van der Waals surface area contributed by atoms with E-state index in [0.29, 0.717) is 5.56 Å². The molecule has 112 valence electrons. The van der Waals surface area contributed by atoms with E-state index in [1.54, 1.807) is 12.1 Å². The molecule has 5 heteroatoms. The third kappa shape index (κ3) is 3.62. The summed E-state index contributed by atoms with van der Waals surface area (Å²) in [5.74, 6) is -1.17. The molecule has 1 aromatic carbocycles. The number of rotatable bonds is 4. The second-order valence-corrected chi connectivity index (χ2v) is 6.27. The molecule has 0 bridgehead atoms. The van der Waals surface area contributed by atoms with Crippen LogP contribution in [0.2, 0.25) is 0 Å². The lowest BCUT2D eigenvalue weighted by Gasteiger charge is -2.30. The van der Waals surface area contributed by atoms with Crippen molar-refractivity contribution in [1.29, 1.82) is 0 Å². The Balaban J connectivity index is 2.19. The number of amides is 1. The van der Waals surface area contributed by atoms with Crippen LogP contribution in [0.3, 0.4) is 0 Å². The monoisotopic (exact) mass is 288 g/mol. The van der Waals surface area contributed by atoms with E-state index in [2.05, 4.69) is 10.3 Å². The van der Waals surface area contributed by atoms with E-state index < -0.39 is 12.0 Å². The van der Waals surface area contributed by atoms with Crippen molar-refractivity contribution in [2.45, 2.75) is 33.2 Å². The Labute approximate surface area is 123 Å². The van der Waals surface area contributed by atoms with Crippen LogP contribution in [-0.4, -0.2) is 28.0 Å². The van der Waals surface area contributed by atoms with Gasteiger partial charge in [0.1, 0.15) is 0 Å². The average molecular weight is 288 g/mol. The second kappa shape index (κ2) is 5.60. The minimum absolute atomic E-state index is 0.0956. The summed E-state index contributed by atoms with van der Waals surface area (Å²) >= 11 is 0. The highest BCUT2D eigenvalue weighted by Gasteiger charge is 2.28. The highest BCUT2D eigenvalue weighted by atomic mass is 16.4. The van der Waals surface area contributed by atoms with Gasteiger partial charge in [-0.3, -0.25) is 9.59 Å². The molecule has 2 rings (SSSR count). The summed E-state index contributed by atoms with van der Waals surface area (Å²) in [7, 11) is 0. The van der Waals surface area contributed by atoms with Crippen molar-refractivity contribution < 1.29 is 14.7 Å². The van der Waals surface area contributed by atoms with Gasteiger partial charge in [-0.15, -0.1) is 0 Å². The van der Waals surface area contributed by atoms with Crippen molar-refractivity contribution >= 4 is 22.8 Å². The third-order valence-corrected chi connectivity index (χ3v) is 3.54. The number of hydrogen-bond acceptors (Lipinski definition) is 2. The molecular weight excluding hydrogens is 268 g/mol. The number of carboxylic acids is 1. The molecule has 1 heterocycles. The molecule has 3 N–H and O–H groups in total. The topological polar surface area (TPSA) is 82.2 Å². The van der Waals surface area contributed by atoms with Crippen LogP contribution in [0.4, 0.5) is 0 Å². The molecule has 0 aliphatic carbocycles. The highest BCUT2D eigenvalue weighted by Crippen LogP contribution is 2.23. The van der Waals surface area contributed by atoms with Crippen molar-refractivity contribution in [2.75, 3.05) is 0 Å². The van der Waals surface area contributed by atoms with E-state index >= 15 is 0 Å². The summed E-state index contributed by atoms with van der Waals surface area (Å²) in [6, 6.07) is 6.83. The highest BCUT2D eigenvalue weighted by molar-refractivity contribution is 5.98. The number of carbonyl (C=O) groups excluding carboxylic acids is 1. The molecule has 1 atom stereocenters. The number of carbonyl (C=O) groups is 2. The van der Waals surface area contributed by atoms with Crippen molar-refractivity contribution in [2.24, 2.45) is 5.41 Å². The Morgan fingerprint density at radius 1 is 1.29 bits per heavy atom. The molecule has 0 radical (unpaired) electrons. The van der Waals surface area contributed by atoms with Gasteiger partial charge in [0.05, 0.1) is 6.42 Å². The van der Waals surface area contributed by atoms with E-state index in [9.17, 15) is 9.59 Å². The van der Waals surface area contributed by atoms with Crippen molar-refractivity contribution in [3.05, 3.63) is 36.0 Å². The summed E-state index contributed by atoms with van der Waals surface area (Å²) in [6.45, 7) is 5.74. The van der Waals surface area contributed by atoms with Gasteiger partial charge in [-0.1, -0.05) is 20.8 Å². The van der Waals surface area contributed by atoms with Gasteiger partial charge in [-0.25, -0.2) is 0 Å². The zero-order valence-corrected chi connectivity index (χ0v) is 12.4. The molecular formula is C16H20N2O3. The van der Waals surface area contributed by atoms with Gasteiger partial charge in [0.25, 0.3) is 5.91 Å². The number of carboxylic acid groups (broad SMARTS) is 1. The van der Waals surface area contributed by atoms with Crippen LogP contribution < -0.4 is 5.32 Å². The molecule has 0 aliphatic rings. The van der Waals surface area contributed by atoms with Crippen LogP contribution in [0.5, 0.6) is 0 Å². The van der Waals surface area contributed by atoms with Gasteiger partial charge < -0.3 is 15.4 Å². The fourth-order valence-corrected chi connectivity index (χ4v) is 2.18. The van der Waals surface area contributed by atoms with Gasteiger partial charge in [0.2, 0.25) is 0 Å². The number of aromatic amines is 1. The van der Waals surface area contributed by atoms with E-state index in [4.69, 9.17) is 5.11 Å². The fraction of sp³-hybridized carbons (Fsp3) is 0.375. The largest absolute Gasteiger partial charge is 0.481 e. The maximum Gasteiger partial charge on any atom is 0.305 e. The summed E-state index contributed by atoms with van der Waals surface area (Å²) in [6.07, 6.45) is 1.72. The number of aliphatic carboxylic acids is 1. The zero-order valence-electron chi connectivity index (χ0n) is 12.4. The Morgan fingerprint density at radius 2 is 2.00 bits per heavy atom. The lowest BCUT2D eigenvalue weighted by molar-refractivity contribution is -0.138. The Bertz CT molecular complexity index is 667. The van der Waals surface area contributed by atoms with Crippen LogP contribution in [0.1, 0.15) is 37.6 Å². The van der Waals surface area contributed by atoms with Crippen molar-refractivity contribution in [3.63, 3.8) is 0 Å².